The summed E-state index contributed by atoms with van der Waals surface area (Å²) in [5.74, 6) is 0.813. The van der Waals surface area contributed by atoms with Crippen LogP contribution >= 0.6 is 23.2 Å². The number of aliphatic imine (C=N–C) groups is 1. The Bertz CT molecular complexity index is 1380. The zero-order chi connectivity index (χ0) is 26.8. The molecule has 1 unspecified atom stereocenters. The quantitative estimate of drug-likeness (QED) is 0.376. The molecule has 0 aromatic heterocycles. The topological polar surface area (TPSA) is 59.2 Å². The number of carbonyl (C=O) groups is 2. The van der Waals surface area contributed by atoms with Crippen LogP contribution in [0.3, 0.4) is 0 Å². The fourth-order valence-corrected chi connectivity index (χ4v) is 5.31. The van der Waals surface area contributed by atoms with Gasteiger partial charge >= 0.3 is 11.9 Å². The number of likely N-dealkylation sites (N-methyl/N-ethyl adjacent to an activating group) is 2. The largest absolute Gasteiger partial charge is 0.333 e. The lowest BCUT2D eigenvalue weighted by Crippen LogP contribution is -2.61. The lowest BCUT2D eigenvalue weighted by molar-refractivity contribution is -0.552. The second-order valence-corrected chi connectivity index (χ2v) is 10.4. The smallest absolute Gasteiger partial charge is 0.284 e. The molecule has 5 rings (SSSR count). The summed E-state index contributed by atoms with van der Waals surface area (Å²) < 4.78 is 1.95. The van der Waals surface area contributed by atoms with E-state index in [0.717, 1.165) is 10.5 Å². The standard InChI is InChI=1S/C29H28Cl2N5O2/c1-33-27-26(28(37)34(2)29(33)38)36(18-22-13-14-23(30)15-24(22)31)25(32-27)19-35(16-20-9-5-3-6-10-20)17-21-11-7-4-8-12-21/h3-15,26H,16-19H2,1-2H3/q+1. The van der Waals surface area contributed by atoms with Crippen LogP contribution in [0.4, 0.5) is 4.79 Å². The van der Waals surface area contributed by atoms with E-state index in [1.807, 2.05) is 47.0 Å². The van der Waals surface area contributed by atoms with E-state index in [0.29, 0.717) is 47.9 Å². The molecule has 7 nitrogen and oxygen atoms in total. The molecule has 3 aromatic carbocycles. The highest BCUT2D eigenvalue weighted by atomic mass is 35.5. The average molecular weight is 549 g/mol. The zero-order valence-electron chi connectivity index (χ0n) is 21.2. The fraction of sp³-hybridized carbons (Fsp3) is 0.241. The van der Waals surface area contributed by atoms with E-state index >= 15 is 0 Å². The molecular weight excluding hydrogens is 521 g/mol. The van der Waals surface area contributed by atoms with E-state index < -0.39 is 12.1 Å². The van der Waals surface area contributed by atoms with E-state index in [1.165, 1.54) is 23.1 Å². The SMILES string of the molecule is CN1C(=O)C2C(=NC(CN(Cc3ccccc3)Cc3ccccc3)=[N+]2Cc2ccc(Cl)cc2Cl)N(C)C1=O. The van der Waals surface area contributed by atoms with Crippen molar-refractivity contribution in [3.05, 3.63) is 106 Å². The van der Waals surface area contributed by atoms with E-state index in [4.69, 9.17) is 28.2 Å². The Morgan fingerprint density at radius 3 is 2.03 bits per heavy atom. The zero-order valence-corrected chi connectivity index (χ0v) is 22.7. The normalized spacial score (nSPS) is 17.4. The summed E-state index contributed by atoms with van der Waals surface area (Å²) in [7, 11) is 3.15. The molecule has 1 saturated heterocycles. The van der Waals surface area contributed by atoms with Gasteiger partial charge in [0.15, 0.2) is 0 Å². The Morgan fingerprint density at radius 1 is 0.842 bits per heavy atom. The predicted octanol–water partition coefficient (Wildman–Crippen LogP) is 4.91. The van der Waals surface area contributed by atoms with Crippen LogP contribution in [0.5, 0.6) is 0 Å². The Labute approximate surface area is 232 Å². The summed E-state index contributed by atoms with van der Waals surface area (Å²) in [6, 6.07) is 24.7. The minimum absolute atomic E-state index is 0.315. The van der Waals surface area contributed by atoms with Gasteiger partial charge in [0.1, 0.15) is 13.1 Å². The molecule has 2 aliphatic heterocycles. The number of amides is 3. The molecule has 0 saturated carbocycles. The molecule has 0 N–H and O–H groups in total. The number of rotatable bonds is 8. The van der Waals surface area contributed by atoms with Crippen molar-refractivity contribution >= 4 is 46.8 Å². The Kier molecular flexibility index (Phi) is 7.61. The van der Waals surface area contributed by atoms with Gasteiger partial charge in [-0.2, -0.15) is 0 Å². The predicted molar refractivity (Wildman–Crippen MR) is 150 cm³/mol. The first-order valence-corrected chi connectivity index (χ1v) is 13.1. The molecule has 3 amide bonds. The van der Waals surface area contributed by atoms with E-state index in [-0.39, 0.29) is 5.91 Å². The molecule has 194 valence electrons. The van der Waals surface area contributed by atoms with Crippen LogP contribution in [0.25, 0.3) is 0 Å². The second-order valence-electron chi connectivity index (χ2n) is 9.51. The third kappa shape index (κ3) is 5.36. The van der Waals surface area contributed by atoms with Crippen molar-refractivity contribution in [2.75, 3.05) is 20.6 Å². The number of urea groups is 1. The maximum Gasteiger partial charge on any atom is 0.333 e. The van der Waals surface area contributed by atoms with Gasteiger partial charge in [0.2, 0.25) is 0 Å². The molecule has 0 aliphatic carbocycles. The molecule has 0 radical (unpaired) electrons. The monoisotopic (exact) mass is 548 g/mol. The van der Waals surface area contributed by atoms with Crippen molar-refractivity contribution in [3.63, 3.8) is 0 Å². The molecule has 3 aromatic rings. The molecule has 2 aliphatic rings. The van der Waals surface area contributed by atoms with Crippen LogP contribution < -0.4 is 0 Å². The number of imide groups is 1. The van der Waals surface area contributed by atoms with Gasteiger partial charge in [-0.05, 0) is 28.3 Å². The lowest BCUT2D eigenvalue weighted by Gasteiger charge is -2.30. The summed E-state index contributed by atoms with van der Waals surface area (Å²) in [6.07, 6.45) is 0. The number of benzene rings is 3. The van der Waals surface area contributed by atoms with Crippen molar-refractivity contribution in [2.45, 2.75) is 25.7 Å². The number of hydrogen-bond acceptors (Lipinski definition) is 4. The number of hydrogen-bond donors (Lipinski definition) is 0. The van der Waals surface area contributed by atoms with Gasteiger partial charge in [-0.25, -0.2) is 9.37 Å². The molecule has 9 heteroatoms. The van der Waals surface area contributed by atoms with Crippen molar-refractivity contribution < 1.29 is 14.2 Å². The summed E-state index contributed by atoms with van der Waals surface area (Å²) in [4.78, 5) is 35.9. The van der Waals surface area contributed by atoms with Gasteiger partial charge in [0.05, 0.1) is 0 Å². The molecule has 1 atom stereocenters. The summed E-state index contributed by atoms with van der Waals surface area (Å²) >= 11 is 12.7. The van der Waals surface area contributed by atoms with Gasteiger partial charge < -0.3 is 0 Å². The number of amidine groups is 2. The van der Waals surface area contributed by atoms with Crippen LogP contribution in [0, 0.1) is 0 Å². The first-order chi connectivity index (χ1) is 18.3. The summed E-state index contributed by atoms with van der Waals surface area (Å²) in [5.41, 5.74) is 3.16. The van der Waals surface area contributed by atoms with E-state index in [2.05, 4.69) is 29.2 Å². The van der Waals surface area contributed by atoms with Gasteiger partial charge in [0, 0.05) is 42.8 Å². The molecular formula is C29H28Cl2N5O2+. The first kappa shape index (κ1) is 26.1. The Hall–Kier alpha value is -3.52. The maximum atomic E-state index is 13.4. The second kappa shape index (κ2) is 11.1. The third-order valence-electron chi connectivity index (χ3n) is 6.83. The number of carbonyl (C=O) groups excluding carboxylic acids is 2. The maximum absolute atomic E-state index is 13.4. The van der Waals surface area contributed by atoms with Gasteiger partial charge in [0.25, 0.3) is 17.8 Å². The van der Waals surface area contributed by atoms with E-state index in [9.17, 15) is 9.59 Å². The number of halogens is 2. The third-order valence-corrected chi connectivity index (χ3v) is 7.42. The Morgan fingerprint density at radius 2 is 1.45 bits per heavy atom. The molecule has 0 bridgehead atoms. The summed E-state index contributed by atoms with van der Waals surface area (Å²) in [5, 5.41) is 1.05. The van der Waals surface area contributed by atoms with Gasteiger partial charge in [-0.3, -0.25) is 19.5 Å². The number of nitrogens with zero attached hydrogens (tertiary/aromatic N) is 5. The first-order valence-electron chi connectivity index (χ1n) is 12.3. The summed E-state index contributed by atoms with van der Waals surface area (Å²) in [6.45, 7) is 2.18. The van der Waals surface area contributed by atoms with Crippen LogP contribution in [0.1, 0.15) is 16.7 Å². The highest BCUT2D eigenvalue weighted by Crippen LogP contribution is 2.26. The highest BCUT2D eigenvalue weighted by molar-refractivity contribution is 6.35. The van der Waals surface area contributed by atoms with Crippen LogP contribution in [0.15, 0.2) is 83.9 Å². The minimum atomic E-state index is -0.722. The fourth-order valence-electron chi connectivity index (χ4n) is 4.84. The minimum Gasteiger partial charge on any atom is -0.284 e. The Balaban J connectivity index is 1.55. The van der Waals surface area contributed by atoms with Crippen molar-refractivity contribution in [1.82, 2.24) is 14.7 Å². The van der Waals surface area contributed by atoms with Gasteiger partial charge in [-0.1, -0.05) is 89.9 Å². The van der Waals surface area contributed by atoms with Gasteiger partial charge in [-0.15, -0.1) is 0 Å². The van der Waals surface area contributed by atoms with E-state index in [1.54, 1.807) is 19.2 Å². The van der Waals surface area contributed by atoms with Crippen molar-refractivity contribution in [3.8, 4) is 0 Å². The van der Waals surface area contributed by atoms with Crippen LogP contribution in [-0.4, -0.2) is 69.6 Å². The lowest BCUT2D eigenvalue weighted by atomic mass is 10.1. The van der Waals surface area contributed by atoms with Crippen LogP contribution in [0.2, 0.25) is 10.0 Å². The van der Waals surface area contributed by atoms with Crippen LogP contribution in [-0.2, 0) is 24.4 Å². The molecule has 38 heavy (non-hydrogen) atoms. The molecule has 0 spiro atoms. The molecule has 2 heterocycles. The highest BCUT2D eigenvalue weighted by Gasteiger charge is 2.53. The average Bonchev–Trinajstić information content (AvgIpc) is 3.26. The molecule has 1 fully saturated rings. The van der Waals surface area contributed by atoms with Crippen molar-refractivity contribution in [2.24, 2.45) is 4.99 Å². The number of fused-ring (bicyclic) bond motifs is 1. The van der Waals surface area contributed by atoms with Crippen molar-refractivity contribution in [1.29, 1.82) is 0 Å².